The topological polar surface area (TPSA) is 37.0 Å². The van der Waals surface area contributed by atoms with Crippen molar-refractivity contribution in [3.8, 4) is 0 Å². The van der Waals surface area contributed by atoms with Crippen LogP contribution in [-0.2, 0) is 4.74 Å². The minimum atomic E-state index is 0.360. The molecule has 1 atom stereocenters. The van der Waals surface area contributed by atoms with Crippen LogP contribution in [0.5, 0.6) is 0 Å². The molecule has 0 radical (unpaired) electrons. The van der Waals surface area contributed by atoms with Crippen molar-refractivity contribution in [2.45, 2.75) is 6.04 Å². The molecule has 1 saturated heterocycles. The lowest BCUT2D eigenvalue weighted by molar-refractivity contribution is 0.0758. The highest BCUT2D eigenvalue weighted by Gasteiger charge is 2.14. The second kappa shape index (κ2) is 3.07. The lowest BCUT2D eigenvalue weighted by Gasteiger charge is -2.22. The van der Waals surface area contributed by atoms with E-state index in [1.807, 2.05) is 12.3 Å². The molecular formula is C8H12N2O. The van der Waals surface area contributed by atoms with Crippen LogP contribution in [-0.4, -0.2) is 24.7 Å². The van der Waals surface area contributed by atoms with Crippen LogP contribution in [0.2, 0.25) is 0 Å². The molecule has 0 saturated carbocycles. The fourth-order valence-corrected chi connectivity index (χ4v) is 1.33. The summed E-state index contributed by atoms with van der Waals surface area (Å²) in [4.78, 5) is 3.16. The van der Waals surface area contributed by atoms with Gasteiger partial charge in [-0.2, -0.15) is 0 Å². The number of rotatable bonds is 1. The molecule has 3 nitrogen and oxygen atoms in total. The van der Waals surface area contributed by atoms with Crippen molar-refractivity contribution in [2.24, 2.45) is 0 Å². The third-order valence-corrected chi connectivity index (χ3v) is 1.92. The quantitative estimate of drug-likeness (QED) is 0.620. The molecule has 1 aromatic rings. The highest BCUT2D eigenvalue weighted by Crippen LogP contribution is 2.12. The zero-order valence-corrected chi connectivity index (χ0v) is 6.34. The molecule has 11 heavy (non-hydrogen) atoms. The molecule has 3 heteroatoms. The molecule has 1 aliphatic heterocycles. The van der Waals surface area contributed by atoms with Gasteiger partial charge in [-0.05, 0) is 12.1 Å². The average molecular weight is 152 g/mol. The second-order valence-corrected chi connectivity index (χ2v) is 2.71. The molecule has 1 aromatic heterocycles. The fraction of sp³-hybridized carbons (Fsp3) is 0.500. The van der Waals surface area contributed by atoms with E-state index in [-0.39, 0.29) is 0 Å². The maximum atomic E-state index is 5.32. The highest BCUT2D eigenvalue weighted by atomic mass is 16.5. The molecule has 0 spiro atoms. The van der Waals surface area contributed by atoms with Crippen LogP contribution in [0.1, 0.15) is 11.7 Å². The smallest absolute Gasteiger partial charge is 0.0711 e. The average Bonchev–Trinajstić information content (AvgIpc) is 2.58. The molecule has 1 unspecified atom stereocenters. The molecular weight excluding hydrogens is 140 g/mol. The van der Waals surface area contributed by atoms with Gasteiger partial charge >= 0.3 is 0 Å². The van der Waals surface area contributed by atoms with Gasteiger partial charge in [0.2, 0.25) is 0 Å². The van der Waals surface area contributed by atoms with Crippen LogP contribution in [0.25, 0.3) is 0 Å². The van der Waals surface area contributed by atoms with Crippen molar-refractivity contribution in [1.29, 1.82) is 0 Å². The van der Waals surface area contributed by atoms with Gasteiger partial charge in [-0.1, -0.05) is 0 Å². The summed E-state index contributed by atoms with van der Waals surface area (Å²) in [5.41, 5.74) is 1.21. The Kier molecular flexibility index (Phi) is 1.92. The van der Waals surface area contributed by atoms with Gasteiger partial charge < -0.3 is 15.0 Å². The summed E-state index contributed by atoms with van der Waals surface area (Å²) in [5, 5.41) is 3.37. The maximum absolute atomic E-state index is 5.32. The number of hydrogen-bond acceptors (Lipinski definition) is 2. The van der Waals surface area contributed by atoms with E-state index in [0.717, 1.165) is 19.8 Å². The summed E-state index contributed by atoms with van der Waals surface area (Å²) in [5.74, 6) is 0. The molecule has 2 rings (SSSR count). The second-order valence-electron chi connectivity index (χ2n) is 2.71. The minimum absolute atomic E-state index is 0.360. The van der Waals surface area contributed by atoms with Crippen LogP contribution < -0.4 is 5.32 Å². The van der Waals surface area contributed by atoms with E-state index in [0.29, 0.717) is 6.04 Å². The van der Waals surface area contributed by atoms with Crippen molar-refractivity contribution >= 4 is 0 Å². The molecule has 60 valence electrons. The third kappa shape index (κ3) is 1.44. The van der Waals surface area contributed by atoms with Crippen molar-refractivity contribution < 1.29 is 4.74 Å². The van der Waals surface area contributed by atoms with Crippen LogP contribution in [0, 0.1) is 0 Å². The van der Waals surface area contributed by atoms with Crippen molar-refractivity contribution in [3.05, 3.63) is 24.0 Å². The van der Waals surface area contributed by atoms with Gasteiger partial charge in [0.25, 0.3) is 0 Å². The number of aromatic nitrogens is 1. The summed E-state index contributed by atoms with van der Waals surface area (Å²) in [6, 6.07) is 4.44. The summed E-state index contributed by atoms with van der Waals surface area (Å²) in [7, 11) is 0. The van der Waals surface area contributed by atoms with E-state index >= 15 is 0 Å². The summed E-state index contributed by atoms with van der Waals surface area (Å²) < 4.78 is 5.32. The molecule has 1 aliphatic rings. The van der Waals surface area contributed by atoms with E-state index in [9.17, 15) is 0 Å². The lowest BCUT2D eigenvalue weighted by atomic mass is 10.2. The highest BCUT2D eigenvalue weighted by molar-refractivity contribution is 5.09. The van der Waals surface area contributed by atoms with Crippen molar-refractivity contribution in [1.82, 2.24) is 10.3 Å². The SMILES string of the molecule is c1c[nH]c(C2COCCN2)c1. The molecule has 0 aliphatic carbocycles. The van der Waals surface area contributed by atoms with E-state index in [2.05, 4.69) is 16.4 Å². The number of nitrogens with one attached hydrogen (secondary N) is 2. The Morgan fingerprint density at radius 2 is 2.55 bits per heavy atom. The van der Waals surface area contributed by atoms with Gasteiger partial charge in [-0.25, -0.2) is 0 Å². The van der Waals surface area contributed by atoms with E-state index < -0.39 is 0 Å². The first kappa shape index (κ1) is 6.88. The Bertz CT molecular complexity index is 202. The Hall–Kier alpha value is -0.800. The third-order valence-electron chi connectivity index (χ3n) is 1.92. The minimum Gasteiger partial charge on any atom is -0.378 e. The largest absolute Gasteiger partial charge is 0.378 e. The van der Waals surface area contributed by atoms with Crippen LogP contribution in [0.15, 0.2) is 18.3 Å². The zero-order valence-electron chi connectivity index (χ0n) is 6.34. The Morgan fingerprint density at radius 1 is 1.55 bits per heavy atom. The van der Waals surface area contributed by atoms with Crippen molar-refractivity contribution in [2.75, 3.05) is 19.8 Å². The lowest BCUT2D eigenvalue weighted by Crippen LogP contribution is -2.34. The van der Waals surface area contributed by atoms with Crippen LogP contribution in [0.3, 0.4) is 0 Å². The summed E-state index contributed by atoms with van der Waals surface area (Å²) in [6.07, 6.45) is 1.94. The molecule has 0 amide bonds. The van der Waals surface area contributed by atoms with E-state index in [1.165, 1.54) is 5.69 Å². The molecule has 2 N–H and O–H groups in total. The van der Waals surface area contributed by atoms with Crippen molar-refractivity contribution in [3.63, 3.8) is 0 Å². The van der Waals surface area contributed by atoms with E-state index in [4.69, 9.17) is 4.74 Å². The monoisotopic (exact) mass is 152 g/mol. The summed E-state index contributed by atoms with van der Waals surface area (Å²) >= 11 is 0. The standard InChI is InChI=1S/C8H12N2O/c1-2-7(9-3-1)8-6-11-5-4-10-8/h1-3,8-10H,4-6H2. The molecule has 0 bridgehead atoms. The van der Waals surface area contributed by atoms with Crippen LogP contribution >= 0.6 is 0 Å². The number of morpholine rings is 1. The first-order valence-corrected chi connectivity index (χ1v) is 3.91. The normalized spacial score (nSPS) is 25.3. The number of ether oxygens (including phenoxy) is 1. The number of aromatic amines is 1. The maximum Gasteiger partial charge on any atom is 0.0711 e. The molecule has 0 aromatic carbocycles. The number of H-pyrrole nitrogens is 1. The predicted octanol–water partition coefficient (Wildman–Crippen LogP) is 0.676. The summed E-state index contributed by atoms with van der Waals surface area (Å²) in [6.45, 7) is 2.56. The Morgan fingerprint density at radius 3 is 3.18 bits per heavy atom. The van der Waals surface area contributed by atoms with Gasteiger partial charge in [0, 0.05) is 18.4 Å². The molecule has 1 fully saturated rings. The Balaban J connectivity index is 2.04. The van der Waals surface area contributed by atoms with Gasteiger partial charge in [0.15, 0.2) is 0 Å². The predicted molar refractivity (Wildman–Crippen MR) is 42.4 cm³/mol. The number of hydrogen-bond donors (Lipinski definition) is 2. The Labute approximate surface area is 65.8 Å². The fourth-order valence-electron chi connectivity index (χ4n) is 1.33. The van der Waals surface area contributed by atoms with Gasteiger partial charge in [0.05, 0.1) is 19.3 Å². The van der Waals surface area contributed by atoms with Gasteiger partial charge in [-0.15, -0.1) is 0 Å². The van der Waals surface area contributed by atoms with Crippen LogP contribution in [0.4, 0.5) is 0 Å². The first-order valence-electron chi connectivity index (χ1n) is 3.91. The molecule has 2 heterocycles. The first-order chi connectivity index (χ1) is 5.47. The van der Waals surface area contributed by atoms with Gasteiger partial charge in [0.1, 0.15) is 0 Å². The van der Waals surface area contributed by atoms with E-state index in [1.54, 1.807) is 0 Å². The van der Waals surface area contributed by atoms with Gasteiger partial charge in [-0.3, -0.25) is 0 Å². The zero-order chi connectivity index (χ0) is 7.52.